The molecule has 0 saturated carbocycles. The molecule has 2 aromatic heterocycles. The molecular formula is C28H31N5O3S. The molecule has 0 aliphatic carbocycles. The lowest BCUT2D eigenvalue weighted by molar-refractivity contribution is -0.141. The lowest BCUT2D eigenvalue weighted by atomic mass is 10.1. The van der Waals surface area contributed by atoms with Crippen molar-refractivity contribution >= 4 is 34.2 Å². The Morgan fingerprint density at radius 3 is 2.86 bits per heavy atom. The first kappa shape index (κ1) is 25.1. The molecule has 2 atom stereocenters. The number of amides is 2. The summed E-state index contributed by atoms with van der Waals surface area (Å²) >= 11 is 1.48. The Morgan fingerprint density at radius 1 is 1.19 bits per heavy atom. The first-order valence-corrected chi connectivity index (χ1v) is 13.5. The second-order valence-corrected chi connectivity index (χ2v) is 10.3. The van der Waals surface area contributed by atoms with Crippen LogP contribution < -0.4 is 5.32 Å². The minimum absolute atomic E-state index is 0.00474. The van der Waals surface area contributed by atoms with Gasteiger partial charge in [-0.15, -0.1) is 16.4 Å². The highest BCUT2D eigenvalue weighted by Crippen LogP contribution is 2.27. The molecule has 8 nitrogen and oxygen atoms in total. The van der Waals surface area contributed by atoms with Crippen molar-refractivity contribution in [3.8, 4) is 0 Å². The summed E-state index contributed by atoms with van der Waals surface area (Å²) in [5.74, 6) is -0.382. The predicted octanol–water partition coefficient (Wildman–Crippen LogP) is 3.91. The highest BCUT2D eigenvalue weighted by atomic mass is 32.1. The molecule has 37 heavy (non-hydrogen) atoms. The van der Waals surface area contributed by atoms with Gasteiger partial charge in [0.2, 0.25) is 11.8 Å². The van der Waals surface area contributed by atoms with Crippen molar-refractivity contribution in [2.24, 2.45) is 0 Å². The van der Waals surface area contributed by atoms with E-state index in [4.69, 9.17) is 4.74 Å². The Balaban J connectivity index is 1.42. The molecule has 4 aromatic rings. The Hall–Kier alpha value is -3.56. The Bertz CT molecular complexity index is 1350. The predicted molar refractivity (Wildman–Crippen MR) is 143 cm³/mol. The molecule has 1 aliphatic rings. The average Bonchev–Trinajstić information content (AvgIpc) is 3.68. The summed E-state index contributed by atoms with van der Waals surface area (Å²) in [6.45, 7) is 3.60. The Morgan fingerprint density at radius 2 is 2.08 bits per heavy atom. The standard InChI is InChI=1S/C28H31N5O3S/c1-20-7-4-8-21(17-20)13-14-32(26(34)19-33-24-11-3-2-10-23(24)30-31-33)27(25-12-6-16-37-25)28(35)29-18-22-9-5-15-36-22/h2-4,6-8,10-12,16-17,22,27H,5,9,13-15,18-19H2,1H3,(H,29,35). The van der Waals surface area contributed by atoms with Gasteiger partial charge in [-0.05, 0) is 55.3 Å². The van der Waals surface area contributed by atoms with E-state index < -0.39 is 6.04 Å². The lowest BCUT2D eigenvalue weighted by Crippen LogP contribution is -2.46. The van der Waals surface area contributed by atoms with Crippen molar-refractivity contribution in [2.45, 2.75) is 44.9 Å². The summed E-state index contributed by atoms with van der Waals surface area (Å²) in [6, 6.07) is 18.9. The van der Waals surface area contributed by atoms with Crippen LogP contribution in [0, 0.1) is 6.92 Å². The molecule has 0 spiro atoms. The van der Waals surface area contributed by atoms with Crippen LogP contribution in [-0.4, -0.2) is 57.5 Å². The van der Waals surface area contributed by atoms with E-state index in [1.807, 2.05) is 47.8 Å². The number of rotatable bonds is 10. The normalized spacial score (nSPS) is 16.1. The molecule has 1 saturated heterocycles. The summed E-state index contributed by atoms with van der Waals surface area (Å²) in [4.78, 5) is 30.0. The van der Waals surface area contributed by atoms with Crippen LogP contribution in [0.25, 0.3) is 11.0 Å². The maximum atomic E-state index is 13.9. The molecule has 1 aliphatic heterocycles. The van der Waals surface area contributed by atoms with E-state index in [2.05, 4.69) is 40.8 Å². The maximum absolute atomic E-state index is 13.9. The third kappa shape index (κ3) is 6.06. The van der Waals surface area contributed by atoms with E-state index in [1.165, 1.54) is 11.3 Å². The highest BCUT2D eigenvalue weighted by molar-refractivity contribution is 7.10. The number of nitrogens with one attached hydrogen (secondary N) is 1. The molecule has 0 radical (unpaired) electrons. The van der Waals surface area contributed by atoms with Crippen molar-refractivity contribution in [3.63, 3.8) is 0 Å². The summed E-state index contributed by atoms with van der Waals surface area (Å²) in [6.07, 6.45) is 2.58. The van der Waals surface area contributed by atoms with E-state index in [-0.39, 0.29) is 24.5 Å². The van der Waals surface area contributed by atoms with E-state index in [0.29, 0.717) is 19.5 Å². The fourth-order valence-corrected chi connectivity index (χ4v) is 5.59. The van der Waals surface area contributed by atoms with Gasteiger partial charge in [0.05, 0.1) is 11.6 Å². The van der Waals surface area contributed by atoms with Crippen molar-refractivity contribution < 1.29 is 14.3 Å². The largest absolute Gasteiger partial charge is 0.376 e. The molecule has 2 amide bonds. The average molecular weight is 518 g/mol. The van der Waals surface area contributed by atoms with Gasteiger partial charge in [-0.2, -0.15) is 0 Å². The molecule has 3 heterocycles. The van der Waals surface area contributed by atoms with Gasteiger partial charge in [0.1, 0.15) is 18.1 Å². The highest BCUT2D eigenvalue weighted by Gasteiger charge is 2.33. The number of carbonyl (C=O) groups is 2. The molecule has 2 aromatic carbocycles. The fourth-order valence-electron chi connectivity index (χ4n) is 4.76. The second-order valence-electron chi connectivity index (χ2n) is 9.36. The molecular weight excluding hydrogens is 486 g/mol. The van der Waals surface area contributed by atoms with Crippen molar-refractivity contribution in [1.82, 2.24) is 25.2 Å². The molecule has 9 heteroatoms. The molecule has 192 valence electrons. The van der Waals surface area contributed by atoms with Crippen LogP contribution in [0.4, 0.5) is 0 Å². The zero-order valence-electron chi connectivity index (χ0n) is 20.9. The van der Waals surface area contributed by atoms with Crippen LogP contribution in [0.15, 0.2) is 66.0 Å². The summed E-state index contributed by atoms with van der Waals surface area (Å²) in [5.41, 5.74) is 3.79. The van der Waals surface area contributed by atoms with Crippen LogP contribution in [-0.2, 0) is 27.3 Å². The maximum Gasteiger partial charge on any atom is 0.248 e. The number of carbonyl (C=O) groups excluding carboxylic acids is 2. The van der Waals surface area contributed by atoms with Crippen LogP contribution >= 0.6 is 11.3 Å². The van der Waals surface area contributed by atoms with Crippen molar-refractivity contribution in [3.05, 3.63) is 82.0 Å². The number of thiophene rings is 1. The number of hydrogen-bond acceptors (Lipinski definition) is 6. The van der Waals surface area contributed by atoms with Crippen LogP contribution in [0.2, 0.25) is 0 Å². The number of hydrogen-bond donors (Lipinski definition) is 1. The van der Waals surface area contributed by atoms with Gasteiger partial charge < -0.3 is 15.0 Å². The van der Waals surface area contributed by atoms with Gasteiger partial charge in [-0.1, -0.05) is 53.2 Å². The van der Waals surface area contributed by atoms with Gasteiger partial charge in [-0.3, -0.25) is 9.59 Å². The summed E-state index contributed by atoms with van der Waals surface area (Å²) in [7, 11) is 0. The van der Waals surface area contributed by atoms with Gasteiger partial charge in [0.25, 0.3) is 0 Å². The van der Waals surface area contributed by atoms with Gasteiger partial charge in [-0.25, -0.2) is 4.68 Å². The fraction of sp³-hybridized carbons (Fsp3) is 0.357. The molecule has 1 N–H and O–H groups in total. The van der Waals surface area contributed by atoms with Crippen LogP contribution in [0.1, 0.15) is 34.9 Å². The van der Waals surface area contributed by atoms with E-state index in [9.17, 15) is 9.59 Å². The Kier molecular flexibility index (Phi) is 7.91. The van der Waals surface area contributed by atoms with Gasteiger partial charge >= 0.3 is 0 Å². The summed E-state index contributed by atoms with van der Waals surface area (Å²) < 4.78 is 7.30. The SMILES string of the molecule is Cc1cccc(CCN(C(=O)Cn2nnc3ccccc32)C(C(=O)NCC2CCCO2)c2cccs2)c1. The van der Waals surface area contributed by atoms with E-state index >= 15 is 0 Å². The van der Waals surface area contributed by atoms with Crippen molar-refractivity contribution in [2.75, 3.05) is 19.7 Å². The molecule has 0 bridgehead atoms. The smallest absolute Gasteiger partial charge is 0.248 e. The molecule has 2 unspecified atom stereocenters. The zero-order valence-corrected chi connectivity index (χ0v) is 21.7. The zero-order chi connectivity index (χ0) is 25.6. The van der Waals surface area contributed by atoms with Gasteiger partial charge in [0.15, 0.2) is 0 Å². The topological polar surface area (TPSA) is 89.4 Å². The minimum atomic E-state index is -0.742. The number of ether oxygens (including phenoxy) is 1. The number of aromatic nitrogens is 3. The van der Waals surface area contributed by atoms with Gasteiger partial charge in [0, 0.05) is 24.6 Å². The number of benzene rings is 2. The molecule has 5 rings (SSSR count). The first-order valence-electron chi connectivity index (χ1n) is 12.6. The van der Waals surface area contributed by atoms with Crippen LogP contribution in [0.5, 0.6) is 0 Å². The van der Waals surface area contributed by atoms with E-state index in [1.54, 1.807) is 9.58 Å². The number of para-hydroxylation sites is 1. The summed E-state index contributed by atoms with van der Waals surface area (Å²) in [5, 5.41) is 13.4. The number of aryl methyl sites for hydroxylation is 1. The molecule has 1 fully saturated rings. The Labute approximate surface area is 220 Å². The third-order valence-corrected chi connectivity index (χ3v) is 7.57. The number of nitrogens with zero attached hydrogens (tertiary/aromatic N) is 4. The monoisotopic (exact) mass is 517 g/mol. The quantitative estimate of drug-likeness (QED) is 0.345. The van der Waals surface area contributed by atoms with E-state index in [0.717, 1.165) is 46.5 Å². The van der Waals surface area contributed by atoms with Crippen LogP contribution in [0.3, 0.4) is 0 Å². The first-order chi connectivity index (χ1) is 18.1. The lowest BCUT2D eigenvalue weighted by Gasteiger charge is -2.31. The van der Waals surface area contributed by atoms with Crippen molar-refractivity contribution in [1.29, 1.82) is 0 Å². The minimum Gasteiger partial charge on any atom is -0.376 e. The third-order valence-electron chi connectivity index (χ3n) is 6.65. The second kappa shape index (κ2) is 11.7. The number of fused-ring (bicyclic) bond motifs is 1.